The third-order valence-corrected chi connectivity index (χ3v) is 3.90. The summed E-state index contributed by atoms with van der Waals surface area (Å²) in [6, 6.07) is 4.79. The van der Waals surface area contributed by atoms with Crippen molar-refractivity contribution in [2.75, 3.05) is 18.0 Å². The summed E-state index contributed by atoms with van der Waals surface area (Å²) in [5, 5.41) is 20.1. The molecule has 7 heteroatoms. The van der Waals surface area contributed by atoms with E-state index in [9.17, 15) is 20.0 Å². The van der Waals surface area contributed by atoms with Gasteiger partial charge in [-0.25, -0.2) is 0 Å². The smallest absolute Gasteiger partial charge is 0.275 e. The highest BCUT2D eigenvalue weighted by atomic mass is 16.6. The summed E-state index contributed by atoms with van der Waals surface area (Å²) >= 11 is 0. The average molecular weight is 293 g/mol. The second-order valence-corrected chi connectivity index (χ2v) is 5.33. The van der Waals surface area contributed by atoms with E-state index in [4.69, 9.17) is 5.73 Å². The molecule has 1 heterocycles. The Morgan fingerprint density at radius 3 is 2.62 bits per heavy atom. The minimum Gasteiger partial charge on any atom is -0.391 e. The van der Waals surface area contributed by atoms with Crippen LogP contribution < -0.4 is 10.6 Å². The minimum atomic E-state index is -0.492. The molecule has 1 aliphatic heterocycles. The van der Waals surface area contributed by atoms with Gasteiger partial charge in [-0.15, -0.1) is 0 Å². The van der Waals surface area contributed by atoms with Gasteiger partial charge in [0.05, 0.1) is 17.1 Å². The molecule has 0 spiro atoms. The lowest BCUT2D eigenvalue weighted by Crippen LogP contribution is -2.35. The predicted octanol–water partition coefficient (Wildman–Crippen LogP) is 1.18. The number of piperidine rings is 1. The van der Waals surface area contributed by atoms with Gasteiger partial charge in [-0.1, -0.05) is 0 Å². The van der Waals surface area contributed by atoms with Crippen molar-refractivity contribution in [3.05, 3.63) is 33.9 Å². The molecule has 2 rings (SSSR count). The quantitative estimate of drug-likeness (QED) is 0.625. The predicted molar refractivity (Wildman–Crippen MR) is 77.8 cm³/mol. The van der Waals surface area contributed by atoms with Gasteiger partial charge in [0.2, 0.25) is 5.91 Å². The monoisotopic (exact) mass is 293 g/mol. The zero-order valence-corrected chi connectivity index (χ0v) is 11.7. The number of rotatable bonds is 5. The fraction of sp³-hybridized carbons (Fsp3) is 0.500. The number of nitro groups is 1. The largest absolute Gasteiger partial charge is 0.391 e. The molecule has 0 unspecified atom stereocenters. The van der Waals surface area contributed by atoms with Crippen LogP contribution in [0, 0.1) is 16.0 Å². The van der Waals surface area contributed by atoms with Gasteiger partial charge < -0.3 is 15.7 Å². The highest BCUT2D eigenvalue weighted by Gasteiger charge is 2.22. The minimum absolute atomic E-state index is 0.0649. The van der Waals surface area contributed by atoms with Gasteiger partial charge in [-0.2, -0.15) is 0 Å². The maximum Gasteiger partial charge on any atom is 0.275 e. The first kappa shape index (κ1) is 15.2. The van der Waals surface area contributed by atoms with Gasteiger partial charge in [0.25, 0.3) is 5.69 Å². The normalized spacial score (nSPS) is 16.0. The molecule has 7 nitrogen and oxygen atoms in total. The Bertz CT molecular complexity index is 539. The number of aliphatic hydroxyl groups is 1. The second kappa shape index (κ2) is 6.53. The van der Waals surface area contributed by atoms with Crippen LogP contribution in [0.25, 0.3) is 0 Å². The first-order valence-corrected chi connectivity index (χ1v) is 6.92. The molecule has 1 aromatic rings. The lowest BCUT2D eigenvalue weighted by Gasteiger charge is -2.33. The number of nitrogens with two attached hydrogens (primary N) is 1. The number of carbonyl (C=O) groups is 1. The molecule has 0 saturated carbocycles. The number of hydrogen-bond donors (Lipinski definition) is 2. The van der Waals surface area contributed by atoms with Gasteiger partial charge >= 0.3 is 0 Å². The SMILES string of the molecule is NC(=O)CC1CCN(c2ccc([N+](=O)[O-])c(CO)c2)CC1. The van der Waals surface area contributed by atoms with Gasteiger partial charge in [0.1, 0.15) is 0 Å². The Morgan fingerprint density at radius 1 is 1.43 bits per heavy atom. The maximum absolute atomic E-state index is 10.9. The Kier molecular flexibility index (Phi) is 4.74. The van der Waals surface area contributed by atoms with Crippen LogP contribution in [0.5, 0.6) is 0 Å². The van der Waals surface area contributed by atoms with Crippen molar-refractivity contribution >= 4 is 17.3 Å². The first-order chi connectivity index (χ1) is 10.0. The summed E-state index contributed by atoms with van der Waals surface area (Å²) in [5.41, 5.74) is 6.32. The molecule has 0 atom stereocenters. The molecule has 0 bridgehead atoms. The van der Waals surface area contributed by atoms with Crippen LogP contribution in [0.4, 0.5) is 11.4 Å². The summed E-state index contributed by atoms with van der Waals surface area (Å²) in [7, 11) is 0. The number of primary amides is 1. The van der Waals surface area contributed by atoms with Crippen molar-refractivity contribution in [1.29, 1.82) is 0 Å². The van der Waals surface area contributed by atoms with Gasteiger partial charge in [-0.3, -0.25) is 14.9 Å². The molecule has 114 valence electrons. The van der Waals surface area contributed by atoms with E-state index in [0.717, 1.165) is 31.6 Å². The van der Waals surface area contributed by atoms with E-state index >= 15 is 0 Å². The molecule has 1 aliphatic rings. The van der Waals surface area contributed by atoms with E-state index in [1.165, 1.54) is 6.07 Å². The first-order valence-electron chi connectivity index (χ1n) is 6.92. The number of nitrogens with zero attached hydrogens (tertiary/aromatic N) is 2. The third kappa shape index (κ3) is 3.69. The van der Waals surface area contributed by atoms with E-state index in [-0.39, 0.29) is 18.2 Å². The average Bonchev–Trinajstić information content (AvgIpc) is 2.46. The van der Waals surface area contributed by atoms with Gasteiger partial charge in [0, 0.05) is 31.3 Å². The summed E-state index contributed by atoms with van der Waals surface area (Å²) in [5.74, 6) is 0.0421. The molecule has 3 N–H and O–H groups in total. The van der Waals surface area contributed by atoms with Crippen LogP contribution in [0.2, 0.25) is 0 Å². The lowest BCUT2D eigenvalue weighted by molar-refractivity contribution is -0.385. The molecule has 0 radical (unpaired) electrons. The van der Waals surface area contributed by atoms with Crippen LogP contribution in [-0.4, -0.2) is 29.0 Å². The topological polar surface area (TPSA) is 110 Å². The Morgan fingerprint density at radius 2 is 2.10 bits per heavy atom. The van der Waals surface area contributed by atoms with Crippen LogP contribution in [-0.2, 0) is 11.4 Å². The van der Waals surface area contributed by atoms with Crippen LogP contribution in [0.1, 0.15) is 24.8 Å². The Labute approximate surface area is 122 Å². The molecular formula is C14H19N3O4. The second-order valence-electron chi connectivity index (χ2n) is 5.33. The molecule has 1 fully saturated rings. The number of anilines is 1. The fourth-order valence-electron chi connectivity index (χ4n) is 2.75. The molecule has 1 saturated heterocycles. The van der Waals surface area contributed by atoms with E-state index in [1.54, 1.807) is 12.1 Å². The zero-order valence-electron chi connectivity index (χ0n) is 11.7. The van der Waals surface area contributed by atoms with Crippen molar-refractivity contribution in [1.82, 2.24) is 0 Å². The van der Waals surface area contributed by atoms with E-state index in [1.807, 2.05) is 0 Å². The number of amides is 1. The molecule has 0 aromatic heterocycles. The van der Waals surface area contributed by atoms with Crippen molar-refractivity contribution < 1.29 is 14.8 Å². The molecule has 1 amide bonds. The summed E-state index contributed by atoms with van der Waals surface area (Å²) in [6.45, 7) is 1.20. The van der Waals surface area contributed by atoms with Crippen LogP contribution in [0.3, 0.4) is 0 Å². The fourth-order valence-corrected chi connectivity index (χ4v) is 2.75. The molecule has 1 aromatic carbocycles. The van der Waals surface area contributed by atoms with E-state index < -0.39 is 4.92 Å². The lowest BCUT2D eigenvalue weighted by atomic mass is 9.93. The maximum atomic E-state index is 10.9. The Hall–Kier alpha value is -2.15. The highest BCUT2D eigenvalue weighted by Crippen LogP contribution is 2.29. The number of aliphatic hydroxyl groups excluding tert-OH is 1. The number of benzene rings is 1. The van der Waals surface area contributed by atoms with Crippen molar-refractivity contribution in [2.45, 2.75) is 25.9 Å². The number of carbonyl (C=O) groups excluding carboxylic acids is 1. The van der Waals surface area contributed by atoms with Crippen LogP contribution in [0.15, 0.2) is 18.2 Å². The van der Waals surface area contributed by atoms with E-state index in [0.29, 0.717) is 17.9 Å². The van der Waals surface area contributed by atoms with Crippen molar-refractivity contribution in [2.24, 2.45) is 11.7 Å². The number of nitro benzene ring substituents is 1. The van der Waals surface area contributed by atoms with Crippen molar-refractivity contribution in [3.63, 3.8) is 0 Å². The number of hydrogen-bond acceptors (Lipinski definition) is 5. The molecule has 0 aliphatic carbocycles. The highest BCUT2D eigenvalue weighted by molar-refractivity contribution is 5.74. The van der Waals surface area contributed by atoms with Gasteiger partial charge in [0.15, 0.2) is 0 Å². The Balaban J connectivity index is 2.06. The third-order valence-electron chi connectivity index (χ3n) is 3.90. The van der Waals surface area contributed by atoms with Crippen LogP contribution >= 0.6 is 0 Å². The van der Waals surface area contributed by atoms with E-state index in [2.05, 4.69) is 4.90 Å². The standard InChI is InChI=1S/C14H19N3O4/c15-14(19)7-10-3-5-16(6-4-10)12-1-2-13(17(20)21)11(8-12)9-18/h1-2,8,10,18H,3-7,9H2,(H2,15,19). The molecule has 21 heavy (non-hydrogen) atoms. The molecular weight excluding hydrogens is 274 g/mol. The van der Waals surface area contributed by atoms with Crippen molar-refractivity contribution in [3.8, 4) is 0 Å². The zero-order chi connectivity index (χ0) is 15.4. The summed E-state index contributed by atoms with van der Waals surface area (Å²) in [6.07, 6.45) is 2.15. The summed E-state index contributed by atoms with van der Waals surface area (Å²) in [4.78, 5) is 23.4. The van der Waals surface area contributed by atoms with Gasteiger partial charge in [-0.05, 0) is 30.9 Å². The summed E-state index contributed by atoms with van der Waals surface area (Å²) < 4.78 is 0.